The van der Waals surface area contributed by atoms with Gasteiger partial charge >= 0.3 is 0 Å². The van der Waals surface area contributed by atoms with Crippen LogP contribution in [0.3, 0.4) is 0 Å². The number of anilines is 2. The zero-order valence-electron chi connectivity index (χ0n) is 15.3. The van der Waals surface area contributed by atoms with Crippen molar-refractivity contribution < 1.29 is 0 Å². The van der Waals surface area contributed by atoms with Crippen LogP contribution in [0.5, 0.6) is 0 Å². The van der Waals surface area contributed by atoms with Crippen molar-refractivity contribution in [3.63, 3.8) is 0 Å². The number of aryl methyl sites for hydroxylation is 2. The highest BCUT2D eigenvalue weighted by Crippen LogP contribution is 2.29. The van der Waals surface area contributed by atoms with E-state index < -0.39 is 0 Å². The molecule has 0 aliphatic heterocycles. The molecule has 24 heavy (non-hydrogen) atoms. The average molecular weight is 324 g/mol. The molecular formula is C20H28N4. The molecule has 4 nitrogen and oxygen atoms in total. The van der Waals surface area contributed by atoms with Gasteiger partial charge in [0.2, 0.25) is 0 Å². The Bertz CT molecular complexity index is 694. The summed E-state index contributed by atoms with van der Waals surface area (Å²) in [6.07, 6.45) is 7.85. The van der Waals surface area contributed by atoms with Gasteiger partial charge in [-0.25, -0.2) is 0 Å². The van der Waals surface area contributed by atoms with E-state index in [1.54, 1.807) is 0 Å². The lowest BCUT2D eigenvalue weighted by Crippen LogP contribution is -2.26. The molecule has 0 amide bonds. The Labute approximate surface area is 145 Å². The van der Waals surface area contributed by atoms with Crippen molar-refractivity contribution in [3.05, 3.63) is 48.6 Å². The Kier molecular flexibility index (Phi) is 6.36. The first-order valence-electron chi connectivity index (χ1n) is 8.58. The van der Waals surface area contributed by atoms with Crippen LogP contribution in [0.1, 0.15) is 31.2 Å². The second-order valence-electron chi connectivity index (χ2n) is 6.00. The second kappa shape index (κ2) is 8.48. The van der Waals surface area contributed by atoms with Gasteiger partial charge < -0.3 is 10.2 Å². The van der Waals surface area contributed by atoms with Crippen LogP contribution >= 0.6 is 0 Å². The first-order chi connectivity index (χ1) is 11.6. The molecular weight excluding hydrogens is 296 g/mol. The smallest absolute Gasteiger partial charge is 0.0606 e. The van der Waals surface area contributed by atoms with Crippen LogP contribution in [-0.2, 0) is 0 Å². The van der Waals surface area contributed by atoms with Gasteiger partial charge in [-0.1, -0.05) is 13.0 Å². The normalized spacial score (nSPS) is 10.5. The maximum atomic E-state index is 4.65. The highest BCUT2D eigenvalue weighted by atomic mass is 15.1. The van der Waals surface area contributed by atoms with E-state index in [1.807, 2.05) is 32.4 Å². The van der Waals surface area contributed by atoms with Crippen molar-refractivity contribution in [3.8, 4) is 11.1 Å². The van der Waals surface area contributed by atoms with E-state index in [4.69, 9.17) is 0 Å². The Morgan fingerprint density at radius 1 is 1.12 bits per heavy atom. The second-order valence-corrected chi connectivity index (χ2v) is 6.00. The van der Waals surface area contributed by atoms with E-state index in [-0.39, 0.29) is 0 Å². The van der Waals surface area contributed by atoms with E-state index in [1.165, 1.54) is 5.69 Å². The van der Waals surface area contributed by atoms with Gasteiger partial charge in [0, 0.05) is 43.2 Å². The van der Waals surface area contributed by atoms with Crippen LogP contribution < -0.4 is 10.2 Å². The minimum absolute atomic E-state index is 0.969. The lowest BCUT2D eigenvalue weighted by Gasteiger charge is -2.26. The molecule has 0 spiro atoms. The SMILES string of the molecule is C=CCCN(CCC)c1cc(-c2cc(NC)cnc2C)cnc1C. The van der Waals surface area contributed by atoms with Crippen LogP contribution in [0, 0.1) is 13.8 Å². The molecule has 2 aromatic heterocycles. The highest BCUT2D eigenvalue weighted by molar-refractivity contribution is 5.73. The zero-order valence-corrected chi connectivity index (χ0v) is 15.3. The molecule has 0 saturated carbocycles. The van der Waals surface area contributed by atoms with E-state index in [0.29, 0.717) is 0 Å². The number of nitrogens with zero attached hydrogens (tertiary/aromatic N) is 3. The van der Waals surface area contributed by atoms with E-state index in [2.05, 4.69) is 52.7 Å². The molecule has 0 atom stereocenters. The Morgan fingerprint density at radius 3 is 2.54 bits per heavy atom. The van der Waals surface area contributed by atoms with Crippen molar-refractivity contribution in [1.82, 2.24) is 9.97 Å². The summed E-state index contributed by atoms with van der Waals surface area (Å²) in [6, 6.07) is 4.37. The van der Waals surface area contributed by atoms with Crippen molar-refractivity contribution in [2.45, 2.75) is 33.6 Å². The molecule has 0 aliphatic rings. The molecule has 0 aliphatic carbocycles. The third kappa shape index (κ3) is 4.13. The average Bonchev–Trinajstić information content (AvgIpc) is 2.60. The van der Waals surface area contributed by atoms with Gasteiger partial charge in [-0.3, -0.25) is 9.97 Å². The highest BCUT2D eigenvalue weighted by Gasteiger charge is 2.12. The fourth-order valence-electron chi connectivity index (χ4n) is 2.82. The van der Waals surface area contributed by atoms with Crippen LogP contribution in [0.25, 0.3) is 11.1 Å². The molecule has 0 bridgehead atoms. The standard InChI is InChI=1S/C20H28N4/c1-6-8-10-24(9-7-2)20-11-17(13-22-16(20)4)19-12-18(21-5)14-23-15(19)3/h6,11-14,21H,1,7-10H2,2-5H3. The summed E-state index contributed by atoms with van der Waals surface area (Å²) in [7, 11) is 1.91. The van der Waals surface area contributed by atoms with E-state index in [9.17, 15) is 0 Å². The maximum absolute atomic E-state index is 4.65. The van der Waals surface area contributed by atoms with Crippen LogP contribution in [0.2, 0.25) is 0 Å². The summed E-state index contributed by atoms with van der Waals surface area (Å²) in [5.74, 6) is 0. The summed E-state index contributed by atoms with van der Waals surface area (Å²) in [5.41, 5.74) is 6.51. The predicted molar refractivity (Wildman–Crippen MR) is 104 cm³/mol. The molecule has 2 aromatic rings. The molecule has 2 rings (SSSR count). The topological polar surface area (TPSA) is 41.0 Å². The van der Waals surface area contributed by atoms with Gasteiger partial charge in [-0.15, -0.1) is 6.58 Å². The molecule has 128 valence electrons. The summed E-state index contributed by atoms with van der Waals surface area (Å²) in [5, 5.41) is 3.16. The molecule has 0 unspecified atom stereocenters. The number of hydrogen-bond donors (Lipinski definition) is 1. The fraction of sp³-hybridized carbons (Fsp3) is 0.400. The Morgan fingerprint density at radius 2 is 1.88 bits per heavy atom. The number of nitrogens with one attached hydrogen (secondary N) is 1. The summed E-state index contributed by atoms with van der Waals surface area (Å²) >= 11 is 0. The van der Waals surface area contributed by atoms with Gasteiger partial charge in [0.1, 0.15) is 0 Å². The number of rotatable bonds is 8. The fourth-order valence-corrected chi connectivity index (χ4v) is 2.82. The molecule has 0 aromatic carbocycles. The predicted octanol–water partition coefficient (Wildman–Crippen LogP) is 4.59. The summed E-state index contributed by atoms with van der Waals surface area (Å²) in [6.45, 7) is 12.2. The number of aromatic nitrogens is 2. The summed E-state index contributed by atoms with van der Waals surface area (Å²) in [4.78, 5) is 11.5. The molecule has 0 saturated heterocycles. The largest absolute Gasteiger partial charge is 0.387 e. The molecule has 0 radical (unpaired) electrons. The third-order valence-corrected chi connectivity index (χ3v) is 4.18. The van der Waals surface area contributed by atoms with Gasteiger partial charge in [0.15, 0.2) is 0 Å². The molecule has 4 heteroatoms. The minimum atomic E-state index is 0.969. The van der Waals surface area contributed by atoms with Crippen molar-refractivity contribution in [2.75, 3.05) is 30.4 Å². The first kappa shape index (κ1) is 18.0. The monoisotopic (exact) mass is 324 g/mol. The molecule has 0 fully saturated rings. The number of pyridine rings is 2. The first-order valence-corrected chi connectivity index (χ1v) is 8.58. The van der Waals surface area contributed by atoms with Crippen LogP contribution in [-0.4, -0.2) is 30.1 Å². The Hall–Kier alpha value is -2.36. The van der Waals surface area contributed by atoms with Gasteiger partial charge in [0.05, 0.1) is 23.3 Å². The van der Waals surface area contributed by atoms with Gasteiger partial charge in [-0.2, -0.15) is 0 Å². The lowest BCUT2D eigenvalue weighted by atomic mass is 10.0. The van der Waals surface area contributed by atoms with Crippen LogP contribution in [0.4, 0.5) is 11.4 Å². The Balaban J connectivity index is 2.45. The zero-order chi connectivity index (χ0) is 17.5. The maximum Gasteiger partial charge on any atom is 0.0606 e. The minimum Gasteiger partial charge on any atom is -0.387 e. The molecule has 1 N–H and O–H groups in total. The van der Waals surface area contributed by atoms with Crippen molar-refractivity contribution >= 4 is 11.4 Å². The van der Waals surface area contributed by atoms with Crippen molar-refractivity contribution in [1.29, 1.82) is 0 Å². The molecule has 2 heterocycles. The van der Waals surface area contributed by atoms with Gasteiger partial charge in [0.25, 0.3) is 0 Å². The lowest BCUT2D eigenvalue weighted by molar-refractivity contribution is 0.760. The van der Waals surface area contributed by atoms with Crippen LogP contribution in [0.15, 0.2) is 37.2 Å². The van der Waals surface area contributed by atoms with E-state index in [0.717, 1.165) is 54.1 Å². The van der Waals surface area contributed by atoms with Crippen molar-refractivity contribution in [2.24, 2.45) is 0 Å². The summed E-state index contributed by atoms with van der Waals surface area (Å²) < 4.78 is 0. The van der Waals surface area contributed by atoms with E-state index >= 15 is 0 Å². The number of hydrogen-bond acceptors (Lipinski definition) is 4. The van der Waals surface area contributed by atoms with Gasteiger partial charge in [-0.05, 0) is 38.8 Å². The quantitative estimate of drug-likeness (QED) is 0.721. The third-order valence-electron chi connectivity index (χ3n) is 4.18.